The van der Waals surface area contributed by atoms with Crippen LogP contribution in [0.15, 0.2) is 59.7 Å². The van der Waals surface area contributed by atoms with Crippen LogP contribution in [0.5, 0.6) is 0 Å². The lowest BCUT2D eigenvalue weighted by atomic mass is 10.1. The van der Waals surface area contributed by atoms with E-state index >= 15 is 0 Å². The van der Waals surface area contributed by atoms with Crippen molar-refractivity contribution in [2.45, 2.75) is 6.18 Å². The lowest BCUT2D eigenvalue weighted by Crippen LogP contribution is -2.16. The van der Waals surface area contributed by atoms with E-state index in [0.717, 1.165) is 12.1 Å². The quantitative estimate of drug-likeness (QED) is 0.681. The number of nitrogens with zero attached hydrogens (tertiary/aromatic N) is 2. The zero-order chi connectivity index (χ0) is 15.0. The normalized spacial score (nSPS) is 11.2. The van der Waals surface area contributed by atoms with Crippen molar-refractivity contribution in [3.05, 3.63) is 70.8 Å². The summed E-state index contributed by atoms with van der Waals surface area (Å²) in [4.78, 5) is 16.4. The van der Waals surface area contributed by atoms with Crippen LogP contribution < -0.4 is 5.56 Å². The molecule has 0 saturated heterocycles. The Morgan fingerprint density at radius 2 is 1.68 bits per heavy atom. The van der Waals surface area contributed by atoms with Gasteiger partial charge in [-0.3, -0.25) is 9.20 Å². The molecule has 0 aliphatic rings. The Bertz CT molecular complexity index is 857. The van der Waals surface area contributed by atoms with Crippen LogP contribution in [0.3, 0.4) is 0 Å². The van der Waals surface area contributed by atoms with Gasteiger partial charge in [0.1, 0.15) is 5.65 Å². The molecule has 0 unspecified atom stereocenters. The van der Waals surface area contributed by atoms with Crippen molar-refractivity contribution in [1.82, 2.24) is 9.38 Å². The summed E-state index contributed by atoms with van der Waals surface area (Å²) < 4.78 is 38.9. The molecule has 3 nitrogen and oxygen atoms in total. The summed E-state index contributed by atoms with van der Waals surface area (Å²) >= 11 is 0. The van der Waals surface area contributed by atoms with Gasteiger partial charge in [-0.25, -0.2) is 4.98 Å². The monoisotopic (exact) mass is 326 g/mol. The molecule has 0 aliphatic heterocycles. The highest BCUT2D eigenvalue weighted by molar-refractivity contribution is 5.85. The fourth-order valence-electron chi connectivity index (χ4n) is 2.06. The molecule has 0 saturated carbocycles. The number of halogens is 4. The number of alkyl halides is 3. The fourth-order valence-corrected chi connectivity index (χ4v) is 2.06. The average molecular weight is 327 g/mol. The summed E-state index contributed by atoms with van der Waals surface area (Å²) in [5.41, 5.74) is 0.0739. The van der Waals surface area contributed by atoms with Crippen LogP contribution in [0.2, 0.25) is 0 Å². The minimum Gasteiger partial charge on any atom is -0.268 e. The minimum absolute atomic E-state index is 0. The van der Waals surface area contributed by atoms with Gasteiger partial charge >= 0.3 is 6.18 Å². The van der Waals surface area contributed by atoms with Crippen LogP contribution in [-0.4, -0.2) is 9.38 Å². The Labute approximate surface area is 129 Å². The van der Waals surface area contributed by atoms with Gasteiger partial charge in [0.05, 0.1) is 11.1 Å². The largest absolute Gasteiger partial charge is 0.416 e. The first-order valence-corrected chi connectivity index (χ1v) is 6.11. The highest BCUT2D eigenvalue weighted by Gasteiger charge is 2.30. The fraction of sp³-hybridized carbons (Fsp3) is 0.0667. The van der Waals surface area contributed by atoms with E-state index in [9.17, 15) is 18.0 Å². The number of pyridine rings is 1. The van der Waals surface area contributed by atoms with Crippen molar-refractivity contribution < 1.29 is 13.2 Å². The first-order chi connectivity index (χ1) is 9.97. The molecule has 0 N–H and O–H groups in total. The summed E-state index contributed by atoms with van der Waals surface area (Å²) in [5.74, 6) is 0. The topological polar surface area (TPSA) is 34.4 Å². The summed E-state index contributed by atoms with van der Waals surface area (Å²) in [6.07, 6.45) is -1.45. The van der Waals surface area contributed by atoms with E-state index in [2.05, 4.69) is 4.98 Å². The van der Waals surface area contributed by atoms with Crippen LogP contribution in [-0.2, 0) is 6.18 Å². The van der Waals surface area contributed by atoms with Gasteiger partial charge in [0, 0.05) is 12.4 Å². The molecule has 3 aromatic rings. The Hall–Kier alpha value is -2.34. The summed E-state index contributed by atoms with van der Waals surface area (Å²) in [5, 5.41) is 0. The van der Waals surface area contributed by atoms with E-state index in [0.29, 0.717) is 11.2 Å². The Morgan fingerprint density at radius 1 is 1.00 bits per heavy atom. The van der Waals surface area contributed by atoms with E-state index in [1.807, 2.05) is 0 Å². The molecule has 22 heavy (non-hydrogen) atoms. The van der Waals surface area contributed by atoms with Crippen molar-refractivity contribution in [3.63, 3.8) is 0 Å². The molecule has 2 aromatic heterocycles. The predicted molar refractivity (Wildman–Crippen MR) is 79.1 cm³/mol. The number of rotatable bonds is 1. The van der Waals surface area contributed by atoms with E-state index < -0.39 is 11.7 Å². The number of fused-ring (bicyclic) bond motifs is 1. The van der Waals surface area contributed by atoms with Crippen LogP contribution in [0.1, 0.15) is 5.56 Å². The average Bonchev–Trinajstić information content (AvgIpc) is 2.47. The maximum absolute atomic E-state index is 12.5. The molecule has 7 heteroatoms. The van der Waals surface area contributed by atoms with Crippen molar-refractivity contribution in [2.75, 3.05) is 0 Å². The first kappa shape index (κ1) is 16.0. The summed E-state index contributed by atoms with van der Waals surface area (Å²) in [7, 11) is 0. The third-order valence-corrected chi connectivity index (χ3v) is 3.14. The maximum Gasteiger partial charge on any atom is 0.416 e. The molecule has 0 bridgehead atoms. The molecule has 0 radical (unpaired) electrons. The second-order valence-corrected chi connectivity index (χ2v) is 4.48. The zero-order valence-electron chi connectivity index (χ0n) is 11.0. The smallest absolute Gasteiger partial charge is 0.268 e. The SMILES string of the molecule is Cl.O=c1c(-c2ccc(C(F)(F)F)cc2)cnc2ccccn12. The molecule has 1 aromatic carbocycles. The van der Waals surface area contributed by atoms with Gasteiger partial charge in [0.2, 0.25) is 0 Å². The Morgan fingerprint density at radius 3 is 2.32 bits per heavy atom. The van der Waals surface area contributed by atoms with Crippen molar-refractivity contribution in [3.8, 4) is 11.1 Å². The molecule has 114 valence electrons. The van der Waals surface area contributed by atoms with Gasteiger partial charge in [0.25, 0.3) is 5.56 Å². The third kappa shape index (κ3) is 2.82. The number of aromatic nitrogens is 2. The van der Waals surface area contributed by atoms with E-state index in [4.69, 9.17) is 0 Å². The van der Waals surface area contributed by atoms with E-state index in [-0.39, 0.29) is 23.5 Å². The summed E-state index contributed by atoms with van der Waals surface area (Å²) in [6.45, 7) is 0. The molecule has 0 amide bonds. The first-order valence-electron chi connectivity index (χ1n) is 6.11. The van der Waals surface area contributed by atoms with Gasteiger partial charge < -0.3 is 0 Å². The standard InChI is InChI=1S/C15H9F3N2O.ClH/c16-15(17,18)11-6-4-10(5-7-11)12-9-19-13-3-1-2-8-20(13)14(12)21;/h1-9H;1H. The Balaban J connectivity index is 0.00000176. The van der Waals surface area contributed by atoms with Crippen LogP contribution in [0, 0.1) is 0 Å². The molecule has 2 heterocycles. The molecule has 0 atom stereocenters. The molecular weight excluding hydrogens is 317 g/mol. The lowest BCUT2D eigenvalue weighted by molar-refractivity contribution is -0.137. The highest BCUT2D eigenvalue weighted by atomic mass is 35.5. The minimum atomic E-state index is -4.39. The second-order valence-electron chi connectivity index (χ2n) is 4.48. The van der Waals surface area contributed by atoms with Crippen LogP contribution in [0.25, 0.3) is 16.8 Å². The van der Waals surface area contributed by atoms with Crippen LogP contribution >= 0.6 is 12.4 Å². The molecule has 0 fully saturated rings. The van der Waals surface area contributed by atoms with E-state index in [1.54, 1.807) is 24.4 Å². The van der Waals surface area contributed by atoms with Crippen molar-refractivity contribution in [1.29, 1.82) is 0 Å². The van der Waals surface area contributed by atoms with E-state index in [1.165, 1.54) is 22.7 Å². The predicted octanol–water partition coefficient (Wildman–Crippen LogP) is 3.80. The molecule has 3 rings (SSSR count). The maximum atomic E-state index is 12.5. The van der Waals surface area contributed by atoms with Gasteiger partial charge in [-0.2, -0.15) is 13.2 Å². The van der Waals surface area contributed by atoms with Gasteiger partial charge in [-0.05, 0) is 29.8 Å². The molecule has 0 aliphatic carbocycles. The number of hydrogen-bond donors (Lipinski definition) is 0. The van der Waals surface area contributed by atoms with Crippen LogP contribution in [0.4, 0.5) is 13.2 Å². The molecule has 0 spiro atoms. The highest BCUT2D eigenvalue weighted by Crippen LogP contribution is 2.30. The third-order valence-electron chi connectivity index (χ3n) is 3.14. The zero-order valence-corrected chi connectivity index (χ0v) is 11.9. The van der Waals surface area contributed by atoms with Gasteiger partial charge in [-0.1, -0.05) is 18.2 Å². The van der Waals surface area contributed by atoms with Crippen molar-refractivity contribution >= 4 is 18.1 Å². The van der Waals surface area contributed by atoms with Gasteiger partial charge in [-0.15, -0.1) is 12.4 Å². The number of benzene rings is 1. The number of hydrogen-bond acceptors (Lipinski definition) is 2. The van der Waals surface area contributed by atoms with Crippen molar-refractivity contribution in [2.24, 2.45) is 0 Å². The molecular formula is C15H10ClF3N2O. The van der Waals surface area contributed by atoms with Gasteiger partial charge in [0.15, 0.2) is 0 Å². The lowest BCUT2D eigenvalue weighted by Gasteiger charge is -2.08. The second kappa shape index (κ2) is 5.81. The Kier molecular flexibility index (Phi) is 4.23. The summed E-state index contributed by atoms with van der Waals surface area (Å²) in [6, 6.07) is 9.57.